The molecule has 1 amide bonds. The molecular weight excluding hydrogens is 383 g/mol. The van der Waals surface area contributed by atoms with Crippen molar-refractivity contribution in [3.63, 3.8) is 0 Å². The Morgan fingerprint density at radius 1 is 1.07 bits per heavy atom. The van der Waals surface area contributed by atoms with E-state index in [-0.39, 0.29) is 23.6 Å². The number of benzene rings is 1. The number of nitrogens with zero attached hydrogens (tertiary/aromatic N) is 3. The van der Waals surface area contributed by atoms with Crippen molar-refractivity contribution in [1.29, 1.82) is 0 Å². The maximum absolute atomic E-state index is 13.2. The van der Waals surface area contributed by atoms with E-state index in [1.54, 1.807) is 36.5 Å². The number of halogens is 1. The summed E-state index contributed by atoms with van der Waals surface area (Å²) in [6, 6.07) is 13.1. The molecule has 3 aromatic rings. The van der Waals surface area contributed by atoms with Crippen molar-refractivity contribution in [3.05, 3.63) is 66.1 Å². The Hall–Kier alpha value is -3.52. The highest BCUT2D eigenvalue weighted by Gasteiger charge is 2.18. The minimum atomic E-state index is -0.356. The number of hydrogen-bond acceptors (Lipinski definition) is 6. The van der Waals surface area contributed by atoms with E-state index in [0.717, 1.165) is 37.3 Å². The molecule has 0 radical (unpaired) electrons. The van der Waals surface area contributed by atoms with Gasteiger partial charge in [-0.05, 0) is 61.4 Å². The van der Waals surface area contributed by atoms with Crippen LogP contribution in [0.2, 0.25) is 0 Å². The van der Waals surface area contributed by atoms with Gasteiger partial charge in [0, 0.05) is 30.9 Å². The van der Waals surface area contributed by atoms with Crippen molar-refractivity contribution in [2.45, 2.75) is 18.9 Å². The van der Waals surface area contributed by atoms with Gasteiger partial charge in [-0.1, -0.05) is 0 Å². The number of nitrogens with one attached hydrogen (secondary N) is 1. The van der Waals surface area contributed by atoms with Crippen molar-refractivity contribution in [3.8, 4) is 11.3 Å². The SMILES string of the molecule is Nc1ccc(-c2ccc(F)cc2)nc1NC(=O)c1ccc(N2CCC(N)CC2)nc1. The van der Waals surface area contributed by atoms with E-state index in [1.807, 2.05) is 6.07 Å². The maximum atomic E-state index is 13.2. The summed E-state index contributed by atoms with van der Waals surface area (Å²) in [5, 5.41) is 2.73. The summed E-state index contributed by atoms with van der Waals surface area (Å²) in [4.78, 5) is 23.7. The number of nitrogens with two attached hydrogens (primary N) is 2. The van der Waals surface area contributed by atoms with Gasteiger partial charge in [0.2, 0.25) is 0 Å². The van der Waals surface area contributed by atoms with Gasteiger partial charge in [-0.25, -0.2) is 14.4 Å². The molecule has 1 aromatic carbocycles. The lowest BCUT2D eigenvalue weighted by atomic mass is 10.1. The number of rotatable bonds is 4. The first-order valence-electron chi connectivity index (χ1n) is 9.80. The van der Waals surface area contributed by atoms with Crippen LogP contribution in [0.3, 0.4) is 0 Å². The average Bonchev–Trinajstić information content (AvgIpc) is 2.76. The molecule has 1 fully saturated rings. The minimum absolute atomic E-state index is 0.245. The zero-order valence-corrected chi connectivity index (χ0v) is 16.4. The molecule has 1 aliphatic rings. The zero-order valence-electron chi connectivity index (χ0n) is 16.4. The van der Waals surface area contributed by atoms with E-state index in [1.165, 1.54) is 12.1 Å². The van der Waals surface area contributed by atoms with Gasteiger partial charge in [0.1, 0.15) is 11.6 Å². The van der Waals surface area contributed by atoms with Crippen molar-refractivity contribution >= 4 is 23.2 Å². The lowest BCUT2D eigenvalue weighted by molar-refractivity contribution is 0.102. The van der Waals surface area contributed by atoms with Crippen molar-refractivity contribution in [1.82, 2.24) is 9.97 Å². The molecule has 3 heterocycles. The van der Waals surface area contributed by atoms with Gasteiger partial charge in [-0.15, -0.1) is 0 Å². The quantitative estimate of drug-likeness (QED) is 0.614. The van der Waals surface area contributed by atoms with Crippen LogP contribution >= 0.6 is 0 Å². The minimum Gasteiger partial charge on any atom is -0.396 e. The first-order chi connectivity index (χ1) is 14.5. The van der Waals surface area contributed by atoms with E-state index < -0.39 is 0 Å². The molecular formula is C22H23FN6O. The van der Waals surface area contributed by atoms with Gasteiger partial charge in [0.05, 0.1) is 16.9 Å². The van der Waals surface area contributed by atoms with E-state index in [2.05, 4.69) is 20.2 Å². The van der Waals surface area contributed by atoms with Crippen molar-refractivity contribution in [2.75, 3.05) is 29.0 Å². The second-order valence-electron chi connectivity index (χ2n) is 7.32. The van der Waals surface area contributed by atoms with E-state index >= 15 is 0 Å². The second kappa shape index (κ2) is 8.46. The molecule has 0 saturated carbocycles. The molecule has 0 atom stereocenters. The zero-order chi connectivity index (χ0) is 21.1. The third kappa shape index (κ3) is 4.38. The molecule has 0 bridgehead atoms. The fraction of sp³-hybridized carbons (Fsp3) is 0.227. The number of carbonyl (C=O) groups excluding carboxylic acids is 1. The summed E-state index contributed by atoms with van der Waals surface area (Å²) >= 11 is 0. The van der Waals surface area contributed by atoms with Gasteiger partial charge >= 0.3 is 0 Å². The summed E-state index contributed by atoms with van der Waals surface area (Å²) < 4.78 is 13.2. The molecule has 154 valence electrons. The summed E-state index contributed by atoms with van der Waals surface area (Å²) in [7, 11) is 0. The largest absolute Gasteiger partial charge is 0.396 e. The third-order valence-electron chi connectivity index (χ3n) is 5.17. The first-order valence-corrected chi connectivity index (χ1v) is 9.80. The Balaban J connectivity index is 1.48. The van der Waals surface area contributed by atoms with Crippen molar-refractivity contribution < 1.29 is 9.18 Å². The second-order valence-corrected chi connectivity index (χ2v) is 7.32. The Kier molecular flexibility index (Phi) is 5.58. The first kappa shape index (κ1) is 19.8. The number of amides is 1. The monoisotopic (exact) mass is 406 g/mol. The molecule has 5 N–H and O–H groups in total. The molecule has 2 aromatic heterocycles. The Morgan fingerprint density at radius 3 is 2.47 bits per heavy atom. The van der Waals surface area contributed by atoms with Crippen LogP contribution < -0.4 is 21.7 Å². The van der Waals surface area contributed by atoms with Gasteiger partial charge in [0.25, 0.3) is 5.91 Å². The molecule has 0 aliphatic carbocycles. The Labute approximate surface area is 173 Å². The van der Waals surface area contributed by atoms with Crippen LogP contribution in [0.1, 0.15) is 23.2 Å². The Morgan fingerprint density at radius 2 is 1.80 bits per heavy atom. The normalized spacial score (nSPS) is 14.5. The molecule has 0 unspecified atom stereocenters. The van der Waals surface area contributed by atoms with Crippen LogP contribution in [0.5, 0.6) is 0 Å². The van der Waals surface area contributed by atoms with Crippen LogP contribution in [0.25, 0.3) is 11.3 Å². The molecule has 7 nitrogen and oxygen atoms in total. The van der Waals surface area contributed by atoms with Crippen molar-refractivity contribution in [2.24, 2.45) is 5.73 Å². The number of hydrogen-bond donors (Lipinski definition) is 3. The van der Waals surface area contributed by atoms with Crippen LogP contribution in [0.4, 0.5) is 21.7 Å². The van der Waals surface area contributed by atoms with Crippen LogP contribution in [-0.2, 0) is 0 Å². The van der Waals surface area contributed by atoms with Gasteiger partial charge in [-0.2, -0.15) is 0 Å². The highest BCUT2D eigenvalue weighted by molar-refractivity contribution is 6.05. The summed E-state index contributed by atoms with van der Waals surface area (Å²) in [6.07, 6.45) is 3.40. The van der Waals surface area contributed by atoms with Crippen LogP contribution in [0, 0.1) is 5.82 Å². The number of nitrogen functional groups attached to an aromatic ring is 1. The number of carbonyl (C=O) groups is 1. The standard InChI is InChI=1S/C22H23FN6O/c23-16-4-1-14(2-5-16)19-7-6-18(25)21(27-19)28-22(30)15-3-8-20(26-13-15)29-11-9-17(24)10-12-29/h1-8,13,17H,9-12,24-25H2,(H,27,28,30). The molecule has 8 heteroatoms. The van der Waals surface area contributed by atoms with E-state index in [9.17, 15) is 9.18 Å². The number of anilines is 3. The van der Waals surface area contributed by atoms with Gasteiger partial charge < -0.3 is 21.7 Å². The highest BCUT2D eigenvalue weighted by Crippen LogP contribution is 2.24. The topological polar surface area (TPSA) is 110 Å². The van der Waals surface area contributed by atoms with Gasteiger partial charge in [-0.3, -0.25) is 4.79 Å². The van der Waals surface area contributed by atoms with Crippen LogP contribution in [0.15, 0.2) is 54.7 Å². The Bertz CT molecular complexity index is 1030. The highest BCUT2D eigenvalue weighted by atomic mass is 19.1. The van der Waals surface area contributed by atoms with E-state index in [0.29, 0.717) is 16.9 Å². The molecule has 1 saturated heterocycles. The summed E-state index contributed by atoms with van der Waals surface area (Å²) in [5.74, 6) is 0.390. The predicted molar refractivity (Wildman–Crippen MR) is 116 cm³/mol. The number of piperidine rings is 1. The third-order valence-corrected chi connectivity index (χ3v) is 5.17. The molecule has 0 spiro atoms. The van der Waals surface area contributed by atoms with Gasteiger partial charge in [0.15, 0.2) is 5.82 Å². The van der Waals surface area contributed by atoms with Crippen LogP contribution in [-0.4, -0.2) is 35.0 Å². The number of pyridine rings is 2. The smallest absolute Gasteiger partial charge is 0.258 e. The maximum Gasteiger partial charge on any atom is 0.258 e. The lowest BCUT2D eigenvalue weighted by Crippen LogP contribution is -2.40. The van der Waals surface area contributed by atoms with E-state index in [4.69, 9.17) is 11.5 Å². The molecule has 4 rings (SSSR count). The molecule has 30 heavy (non-hydrogen) atoms. The summed E-state index contributed by atoms with van der Waals surface area (Å²) in [5.41, 5.74) is 14.0. The summed E-state index contributed by atoms with van der Waals surface area (Å²) in [6.45, 7) is 1.71. The average molecular weight is 406 g/mol. The lowest BCUT2D eigenvalue weighted by Gasteiger charge is -2.31. The number of aromatic nitrogens is 2. The predicted octanol–water partition coefficient (Wildman–Crippen LogP) is 3.04. The molecule has 1 aliphatic heterocycles. The fourth-order valence-electron chi connectivity index (χ4n) is 3.37. The fourth-order valence-corrected chi connectivity index (χ4v) is 3.37.